The summed E-state index contributed by atoms with van der Waals surface area (Å²) in [4.78, 5) is 1.41. The van der Waals surface area contributed by atoms with Gasteiger partial charge in [-0.1, -0.05) is 69.3 Å². The molecule has 290 valence electrons. The van der Waals surface area contributed by atoms with E-state index in [0.717, 1.165) is 17.0 Å². The number of nitrogens with zero attached hydrogens (tertiary/aromatic N) is 2. The van der Waals surface area contributed by atoms with Crippen molar-refractivity contribution in [2.75, 3.05) is 18.0 Å². The predicted molar refractivity (Wildman–Crippen MR) is 214 cm³/mol. The molecule has 0 atom stereocenters. The van der Waals surface area contributed by atoms with Crippen molar-refractivity contribution in [3.8, 4) is 0 Å². The molecule has 0 saturated carbocycles. The Morgan fingerprint density at radius 2 is 1.24 bits per heavy atom. The quantitative estimate of drug-likeness (QED) is 0.0972. The van der Waals surface area contributed by atoms with Crippen molar-refractivity contribution in [3.63, 3.8) is 0 Å². The Labute approximate surface area is 323 Å². The van der Waals surface area contributed by atoms with Crippen LogP contribution in [0, 0.1) is 0 Å². The molecule has 0 spiro atoms. The largest absolute Gasteiger partial charge is 0.367 e. The fourth-order valence-electron chi connectivity index (χ4n) is 6.38. The van der Waals surface area contributed by atoms with Crippen molar-refractivity contribution in [3.05, 3.63) is 149 Å². The van der Waals surface area contributed by atoms with Gasteiger partial charge in [-0.05, 0) is 102 Å². The van der Waals surface area contributed by atoms with Crippen LogP contribution in [0.1, 0.15) is 62.4 Å². The van der Waals surface area contributed by atoms with E-state index in [-0.39, 0.29) is 14.7 Å². The Morgan fingerprint density at radius 1 is 0.673 bits per heavy atom. The lowest BCUT2D eigenvalue weighted by molar-refractivity contribution is -0.539. The van der Waals surface area contributed by atoms with Crippen LogP contribution in [0.15, 0.2) is 136 Å². The first-order valence-corrected chi connectivity index (χ1v) is 21.8. The van der Waals surface area contributed by atoms with Gasteiger partial charge in [0.2, 0.25) is 0 Å². The molecule has 14 heteroatoms. The number of rotatable bonds is 12. The van der Waals surface area contributed by atoms with Crippen LogP contribution in [0.4, 0.5) is 5.69 Å². The van der Waals surface area contributed by atoms with Crippen LogP contribution in [0.3, 0.4) is 0 Å². The molecule has 1 aliphatic rings. The molecule has 0 bridgehead atoms. The summed E-state index contributed by atoms with van der Waals surface area (Å²) in [5, 5.41) is 0. The molecule has 0 radical (unpaired) electrons. The van der Waals surface area contributed by atoms with Gasteiger partial charge in [0.25, 0.3) is 30.4 Å². The number of anilines is 1. The Bertz CT molecular complexity index is 2550. The molecule has 3 N–H and O–H groups in total. The summed E-state index contributed by atoms with van der Waals surface area (Å²) in [6, 6.07) is 24.8. The van der Waals surface area contributed by atoms with Crippen molar-refractivity contribution in [2.45, 2.75) is 67.8 Å². The maximum absolute atomic E-state index is 13.0. The van der Waals surface area contributed by atoms with E-state index in [4.69, 9.17) is 0 Å². The van der Waals surface area contributed by atoms with Crippen LogP contribution in [0.5, 0.6) is 0 Å². The lowest BCUT2D eigenvalue weighted by atomic mass is 9.84. The van der Waals surface area contributed by atoms with Gasteiger partial charge in [0.05, 0.1) is 9.79 Å². The van der Waals surface area contributed by atoms with Crippen molar-refractivity contribution in [1.29, 1.82) is 0 Å². The molecule has 0 heterocycles. The number of hydrogen-bond acceptors (Lipinski definition) is 7. The summed E-state index contributed by atoms with van der Waals surface area (Å²) in [5.74, 6) is 0. The summed E-state index contributed by atoms with van der Waals surface area (Å²) in [6.07, 6.45) is 7.50. The number of allylic oxidation sites excluding steroid dienone is 5. The second kappa shape index (κ2) is 16.2. The standard InChI is InChI=1S/C41H44N2O9S3/c1-6-42(27-29-10-8-12-36(24-29)53(44,45)46)34-19-14-31(15-20-34)40(38-23-18-33(41(3,4)5)26-39(38)55(50,51)52)32-16-21-35(22-17-32)43(7-2)28-30-11-9-13-37(25-30)54(47,48)49/h8-26H,6-7,27-28H2,1-5H3,(H2-,44,45,46,47,48,49,50,51,52)/p+1. The van der Waals surface area contributed by atoms with Crippen molar-refractivity contribution < 1.29 is 43.5 Å². The molecule has 4 aromatic carbocycles. The van der Waals surface area contributed by atoms with E-state index in [9.17, 15) is 38.9 Å². The molecule has 11 nitrogen and oxygen atoms in total. The smallest absolute Gasteiger partial charge is 0.295 e. The molecule has 4 aromatic rings. The van der Waals surface area contributed by atoms with E-state index in [1.165, 1.54) is 30.3 Å². The highest BCUT2D eigenvalue weighted by Crippen LogP contribution is 2.37. The molecule has 0 aromatic heterocycles. The van der Waals surface area contributed by atoms with Crippen molar-refractivity contribution in [2.24, 2.45) is 0 Å². The van der Waals surface area contributed by atoms with Gasteiger partial charge in [-0.3, -0.25) is 13.7 Å². The molecule has 0 saturated heterocycles. The zero-order valence-electron chi connectivity index (χ0n) is 31.2. The summed E-state index contributed by atoms with van der Waals surface area (Å²) < 4.78 is 105. The maximum Gasteiger partial charge on any atom is 0.295 e. The monoisotopic (exact) mass is 805 g/mol. The zero-order valence-corrected chi connectivity index (χ0v) is 33.7. The summed E-state index contributed by atoms with van der Waals surface area (Å²) >= 11 is 0. The molecule has 0 aliphatic heterocycles. The third-order valence-electron chi connectivity index (χ3n) is 9.34. The van der Waals surface area contributed by atoms with Gasteiger partial charge in [-0.25, -0.2) is 4.58 Å². The highest BCUT2D eigenvalue weighted by Gasteiger charge is 2.26. The zero-order chi connectivity index (χ0) is 40.3. The van der Waals surface area contributed by atoms with Crippen LogP contribution in [0.25, 0.3) is 5.57 Å². The molecule has 0 fully saturated rings. The predicted octanol–water partition coefficient (Wildman–Crippen LogP) is 7.35. The highest BCUT2D eigenvalue weighted by atomic mass is 32.2. The van der Waals surface area contributed by atoms with E-state index in [1.54, 1.807) is 30.3 Å². The van der Waals surface area contributed by atoms with E-state index < -0.39 is 35.8 Å². The van der Waals surface area contributed by atoms with Gasteiger partial charge in [0.1, 0.15) is 11.4 Å². The maximum atomic E-state index is 13.0. The van der Waals surface area contributed by atoms with Gasteiger partial charge in [-0.15, -0.1) is 0 Å². The van der Waals surface area contributed by atoms with Crippen LogP contribution in [0.2, 0.25) is 0 Å². The van der Waals surface area contributed by atoms with E-state index in [1.807, 2.05) is 98.7 Å². The molecular weight excluding hydrogens is 761 g/mol. The SMILES string of the molecule is CCN(Cc1cccc(S(=O)(=O)O)c1)c1ccc(C(=C2C=CC(=[N+](CC)Cc3cccc(S(=O)(=O)O)c3)C=C2)c2ccc(C(C)(C)C)cc2S(=O)(=O)O)cc1. The topological polar surface area (TPSA) is 169 Å². The average molecular weight is 806 g/mol. The van der Waals surface area contributed by atoms with Gasteiger partial charge in [-0.2, -0.15) is 25.3 Å². The lowest BCUT2D eigenvalue weighted by Crippen LogP contribution is -2.22. The number of hydrogen-bond donors (Lipinski definition) is 3. The summed E-state index contributed by atoms with van der Waals surface area (Å²) in [7, 11) is -13.4. The Kier molecular flexibility index (Phi) is 12.2. The van der Waals surface area contributed by atoms with Gasteiger partial charge in [0.15, 0.2) is 12.3 Å². The van der Waals surface area contributed by atoms with Gasteiger partial charge < -0.3 is 4.90 Å². The first-order chi connectivity index (χ1) is 25.7. The minimum atomic E-state index is -4.68. The number of benzene rings is 4. The fourth-order valence-corrected chi connectivity index (χ4v) is 8.21. The van der Waals surface area contributed by atoms with Gasteiger partial charge in [0, 0.05) is 42.1 Å². The Hall–Kier alpha value is -4.70. The minimum Gasteiger partial charge on any atom is -0.367 e. The first kappa shape index (κ1) is 41.5. The lowest BCUT2D eigenvalue weighted by Gasteiger charge is -2.25. The summed E-state index contributed by atoms with van der Waals surface area (Å²) in [5.41, 5.74) is 5.50. The van der Waals surface area contributed by atoms with Crippen molar-refractivity contribution >= 4 is 47.3 Å². The average Bonchev–Trinajstić information content (AvgIpc) is 3.12. The molecular formula is C41H45N2O9S3+. The minimum absolute atomic E-state index is 0.192. The normalized spacial score (nSPS) is 13.6. The second-order valence-electron chi connectivity index (χ2n) is 14.2. The fraction of sp³-hybridized carbons (Fsp3) is 0.244. The molecule has 0 unspecified atom stereocenters. The van der Waals surface area contributed by atoms with Crippen LogP contribution >= 0.6 is 0 Å². The van der Waals surface area contributed by atoms with E-state index >= 15 is 0 Å². The Morgan fingerprint density at radius 3 is 1.75 bits per heavy atom. The summed E-state index contributed by atoms with van der Waals surface area (Å²) in [6.45, 7) is 11.6. The molecule has 55 heavy (non-hydrogen) atoms. The van der Waals surface area contributed by atoms with Crippen LogP contribution in [-0.2, 0) is 48.9 Å². The highest BCUT2D eigenvalue weighted by molar-refractivity contribution is 7.86. The molecule has 5 rings (SSSR count). The third-order valence-corrected chi connectivity index (χ3v) is 11.9. The van der Waals surface area contributed by atoms with Crippen LogP contribution in [-0.4, -0.2) is 62.3 Å². The second-order valence-corrected chi connectivity index (χ2v) is 18.4. The van der Waals surface area contributed by atoms with Gasteiger partial charge >= 0.3 is 0 Å². The Balaban J connectivity index is 1.61. The van der Waals surface area contributed by atoms with Crippen molar-refractivity contribution in [1.82, 2.24) is 0 Å². The third kappa shape index (κ3) is 10.1. The van der Waals surface area contributed by atoms with Crippen LogP contribution < -0.4 is 4.90 Å². The first-order valence-electron chi connectivity index (χ1n) is 17.5. The molecule has 1 aliphatic carbocycles. The van der Waals surface area contributed by atoms with E-state index in [2.05, 4.69) is 0 Å². The molecule has 0 amide bonds. The van der Waals surface area contributed by atoms with E-state index in [0.29, 0.717) is 59.6 Å².